The minimum absolute atomic E-state index is 0.0641. The number of β-amino-alcohol motifs (C(OH)–C–C–N with tert-alkyl or cyclic N) is 1. The van der Waals surface area contributed by atoms with Gasteiger partial charge in [-0.3, -0.25) is 14.6 Å². The second kappa shape index (κ2) is 12.6. The molecule has 4 aliphatic rings. The minimum atomic E-state index is -0.433. The number of hydrogen-bond acceptors (Lipinski definition) is 12. The molecule has 7 rings (SSSR count). The summed E-state index contributed by atoms with van der Waals surface area (Å²) in [7, 11) is 0. The molecule has 1 amide bonds. The molecule has 6 heterocycles. The Kier molecular flexibility index (Phi) is 8.24. The topological polar surface area (TPSA) is 144 Å². The van der Waals surface area contributed by atoms with Gasteiger partial charge < -0.3 is 34.6 Å². The first-order valence-electron chi connectivity index (χ1n) is 15.7. The van der Waals surface area contributed by atoms with Crippen molar-refractivity contribution in [2.75, 3.05) is 75.7 Å². The molecule has 3 fully saturated rings. The Balaban J connectivity index is 0.858. The van der Waals surface area contributed by atoms with E-state index in [9.17, 15) is 15.0 Å². The number of benzene rings is 1. The fourth-order valence-electron chi connectivity index (χ4n) is 6.93. The van der Waals surface area contributed by atoms with Crippen LogP contribution in [0.4, 0.5) is 11.5 Å². The molecule has 13 heteroatoms. The van der Waals surface area contributed by atoms with Crippen molar-refractivity contribution in [3.8, 4) is 22.9 Å². The molecule has 0 unspecified atom stereocenters. The van der Waals surface area contributed by atoms with Gasteiger partial charge in [-0.25, -0.2) is 0 Å². The molecule has 2 aromatic heterocycles. The molecule has 2 atom stereocenters. The molecule has 4 aliphatic heterocycles. The van der Waals surface area contributed by atoms with Gasteiger partial charge in [-0.2, -0.15) is 0 Å². The third-order valence-corrected chi connectivity index (χ3v) is 9.39. The summed E-state index contributed by atoms with van der Waals surface area (Å²) >= 11 is 0. The lowest BCUT2D eigenvalue weighted by molar-refractivity contribution is -0.130. The van der Waals surface area contributed by atoms with Crippen LogP contribution in [0.1, 0.15) is 25.0 Å². The molecule has 234 valence electrons. The second-order valence-electron chi connectivity index (χ2n) is 12.2. The molecule has 1 aromatic carbocycles. The minimum Gasteiger partial charge on any atom is -0.507 e. The average molecular weight is 605 g/mol. The van der Waals surface area contributed by atoms with Gasteiger partial charge in [0, 0.05) is 63.5 Å². The van der Waals surface area contributed by atoms with Crippen LogP contribution < -0.4 is 15.0 Å². The Morgan fingerprint density at radius 1 is 1.02 bits per heavy atom. The second-order valence-corrected chi connectivity index (χ2v) is 12.2. The molecule has 0 aliphatic carbocycles. The van der Waals surface area contributed by atoms with Crippen molar-refractivity contribution in [3.63, 3.8) is 0 Å². The molecule has 0 saturated carbocycles. The number of piperazine rings is 1. The highest BCUT2D eigenvalue weighted by molar-refractivity contribution is 5.78. The van der Waals surface area contributed by atoms with E-state index in [-0.39, 0.29) is 18.1 Å². The largest absolute Gasteiger partial charge is 0.507 e. The van der Waals surface area contributed by atoms with E-state index in [0.717, 1.165) is 70.2 Å². The number of carbonyl (C=O) groups is 1. The fourth-order valence-corrected chi connectivity index (χ4v) is 6.93. The zero-order valence-corrected chi connectivity index (χ0v) is 24.8. The fraction of sp³-hybridized carbons (Fsp3) is 0.548. The quantitative estimate of drug-likeness (QED) is 0.342. The summed E-state index contributed by atoms with van der Waals surface area (Å²) in [6, 6.07) is 11.9. The molecule has 0 radical (unpaired) electrons. The molecule has 0 bridgehead atoms. The van der Waals surface area contributed by atoms with Gasteiger partial charge in [0.2, 0.25) is 5.91 Å². The van der Waals surface area contributed by atoms with Gasteiger partial charge in [0.1, 0.15) is 18.1 Å². The summed E-state index contributed by atoms with van der Waals surface area (Å²) in [5.41, 5.74) is 2.43. The van der Waals surface area contributed by atoms with Gasteiger partial charge in [0.05, 0.1) is 29.9 Å². The van der Waals surface area contributed by atoms with E-state index in [2.05, 4.69) is 35.4 Å². The van der Waals surface area contributed by atoms with Crippen molar-refractivity contribution < 1.29 is 24.3 Å². The van der Waals surface area contributed by atoms with Crippen LogP contribution in [0.5, 0.6) is 11.6 Å². The Labute approximate surface area is 256 Å². The van der Waals surface area contributed by atoms with E-state index in [4.69, 9.17) is 9.26 Å². The number of phenols is 1. The van der Waals surface area contributed by atoms with Gasteiger partial charge in [-0.15, -0.1) is 10.2 Å². The molecular formula is C31H40N8O5. The van der Waals surface area contributed by atoms with E-state index in [0.29, 0.717) is 61.1 Å². The van der Waals surface area contributed by atoms with E-state index in [1.165, 1.54) is 0 Å². The number of aliphatic hydroxyl groups is 1. The maximum Gasteiger partial charge on any atom is 0.254 e. The highest BCUT2D eigenvalue weighted by Gasteiger charge is 2.36. The standard InChI is InChI=1S/C31H40N8O5/c40-23-7-10-38(20-23)30(42)16-24-15-29(35-44-24)43-14-13-36-8-5-21(6-9-36)37-11-12-39-22(19-37)18-32-31-27(39)17-26(33-34-31)25-3-1-2-4-28(25)41/h1-4,15,17,21-23,40-41H,5-14,16,18-20H2,(H,32,34)/t22-,23+/m0/s1. The highest BCUT2D eigenvalue weighted by Crippen LogP contribution is 2.36. The lowest BCUT2D eigenvalue weighted by Gasteiger charge is -2.49. The summed E-state index contributed by atoms with van der Waals surface area (Å²) in [5.74, 6) is 1.84. The van der Waals surface area contributed by atoms with Gasteiger partial charge in [-0.05, 0) is 55.7 Å². The summed E-state index contributed by atoms with van der Waals surface area (Å²) < 4.78 is 11.1. The molecule has 0 spiro atoms. The number of nitrogens with zero attached hydrogens (tertiary/aromatic N) is 7. The number of ether oxygens (including phenoxy) is 1. The molecule has 3 saturated heterocycles. The zero-order chi connectivity index (χ0) is 30.0. The third-order valence-electron chi connectivity index (χ3n) is 9.39. The summed E-state index contributed by atoms with van der Waals surface area (Å²) in [6.45, 7) is 8.13. The van der Waals surface area contributed by atoms with Crippen molar-refractivity contribution in [2.24, 2.45) is 0 Å². The number of carbonyl (C=O) groups excluding carboxylic acids is 1. The maximum atomic E-state index is 12.4. The molecule has 44 heavy (non-hydrogen) atoms. The van der Waals surface area contributed by atoms with Gasteiger partial charge in [0.15, 0.2) is 5.82 Å². The first-order valence-corrected chi connectivity index (χ1v) is 15.7. The predicted molar refractivity (Wildman–Crippen MR) is 163 cm³/mol. The van der Waals surface area contributed by atoms with E-state index in [1.807, 2.05) is 24.3 Å². The van der Waals surface area contributed by atoms with Crippen molar-refractivity contribution in [2.45, 2.75) is 43.9 Å². The van der Waals surface area contributed by atoms with Gasteiger partial charge in [0.25, 0.3) is 5.88 Å². The van der Waals surface area contributed by atoms with Crippen molar-refractivity contribution in [1.29, 1.82) is 0 Å². The number of aromatic hydroxyl groups is 1. The number of anilines is 2. The number of amides is 1. The Hall–Kier alpha value is -3.94. The van der Waals surface area contributed by atoms with Crippen LogP contribution in [0.2, 0.25) is 0 Å². The Morgan fingerprint density at radius 2 is 1.89 bits per heavy atom. The Morgan fingerprint density at radius 3 is 2.70 bits per heavy atom. The van der Waals surface area contributed by atoms with Crippen LogP contribution in [0.15, 0.2) is 40.9 Å². The number of hydrogen-bond donors (Lipinski definition) is 3. The van der Waals surface area contributed by atoms with Crippen molar-refractivity contribution in [1.82, 2.24) is 30.1 Å². The highest BCUT2D eigenvalue weighted by atomic mass is 16.5. The van der Waals surface area contributed by atoms with Gasteiger partial charge >= 0.3 is 0 Å². The number of piperidine rings is 1. The number of para-hydroxylation sites is 1. The van der Waals surface area contributed by atoms with Gasteiger partial charge in [-0.1, -0.05) is 12.1 Å². The van der Waals surface area contributed by atoms with Crippen LogP contribution in [-0.2, 0) is 11.2 Å². The summed E-state index contributed by atoms with van der Waals surface area (Å²) in [5, 5.41) is 36.2. The predicted octanol–water partition coefficient (Wildman–Crippen LogP) is 1.43. The Bertz CT molecular complexity index is 1460. The summed E-state index contributed by atoms with van der Waals surface area (Å²) in [6.07, 6.45) is 2.57. The first-order chi connectivity index (χ1) is 21.5. The molecule has 3 aromatic rings. The molecule has 3 N–H and O–H groups in total. The number of phenolic OH excluding ortho intramolecular Hbond substituents is 1. The van der Waals surface area contributed by atoms with Crippen LogP contribution >= 0.6 is 0 Å². The lowest BCUT2D eigenvalue weighted by Crippen LogP contribution is -2.61. The summed E-state index contributed by atoms with van der Waals surface area (Å²) in [4.78, 5) is 21.6. The first kappa shape index (κ1) is 28.8. The van der Waals surface area contributed by atoms with E-state index >= 15 is 0 Å². The molecular weight excluding hydrogens is 564 g/mol. The van der Waals surface area contributed by atoms with Crippen LogP contribution in [0.25, 0.3) is 11.3 Å². The number of aromatic nitrogens is 3. The smallest absolute Gasteiger partial charge is 0.254 e. The normalized spacial score (nSPS) is 22.8. The lowest BCUT2D eigenvalue weighted by atomic mass is 9.99. The van der Waals surface area contributed by atoms with Crippen molar-refractivity contribution in [3.05, 3.63) is 42.2 Å². The van der Waals surface area contributed by atoms with E-state index in [1.54, 1.807) is 17.0 Å². The van der Waals surface area contributed by atoms with Crippen LogP contribution in [0, 0.1) is 0 Å². The number of rotatable bonds is 8. The average Bonchev–Trinajstić information content (AvgIpc) is 3.69. The maximum absolute atomic E-state index is 12.4. The number of likely N-dealkylation sites (tertiary alicyclic amines) is 2. The molecule has 13 nitrogen and oxygen atoms in total. The zero-order valence-electron chi connectivity index (χ0n) is 24.8. The van der Waals surface area contributed by atoms with Crippen LogP contribution in [-0.4, -0.2) is 130 Å². The van der Waals surface area contributed by atoms with Crippen LogP contribution in [0.3, 0.4) is 0 Å². The third kappa shape index (κ3) is 6.17. The number of nitrogens with one attached hydrogen (secondary N) is 1. The SMILES string of the molecule is O=C(Cc1cc(OCCN2CCC(N3CCN4c5cc(-c6ccccc6O)nnc5NC[C@H]4C3)CC2)no1)N1CC[C@@H](O)C1. The van der Waals surface area contributed by atoms with E-state index < -0.39 is 6.10 Å². The monoisotopic (exact) mass is 604 g/mol. The number of fused-ring (bicyclic) bond motifs is 3. The van der Waals surface area contributed by atoms with Crippen molar-refractivity contribution >= 4 is 17.4 Å². The number of aliphatic hydroxyl groups excluding tert-OH is 1.